The average Bonchev–Trinajstić information content (AvgIpc) is 3.31. The van der Waals surface area contributed by atoms with Crippen LogP contribution in [-0.4, -0.2) is 31.9 Å². The normalized spacial score (nSPS) is 18.8. The van der Waals surface area contributed by atoms with Gasteiger partial charge in [0.15, 0.2) is 11.5 Å². The van der Waals surface area contributed by atoms with Crippen molar-refractivity contribution in [2.24, 2.45) is 0 Å². The van der Waals surface area contributed by atoms with Crippen molar-refractivity contribution in [2.45, 2.75) is 45.6 Å². The Hall–Kier alpha value is -2.63. The molecule has 25 heavy (non-hydrogen) atoms. The number of furan rings is 1. The van der Waals surface area contributed by atoms with Gasteiger partial charge in [0.25, 0.3) is 0 Å². The number of pyridine rings is 1. The van der Waals surface area contributed by atoms with E-state index in [4.69, 9.17) is 4.42 Å². The highest BCUT2D eigenvalue weighted by atomic mass is 16.3. The lowest BCUT2D eigenvalue weighted by Gasteiger charge is -2.26. The number of nitrogens with zero attached hydrogens (tertiary/aromatic N) is 4. The molecule has 0 spiro atoms. The third-order valence-electron chi connectivity index (χ3n) is 5.09. The maximum absolute atomic E-state index is 13.2. The highest BCUT2D eigenvalue weighted by molar-refractivity contribution is 5.84. The zero-order valence-corrected chi connectivity index (χ0v) is 14.8. The van der Waals surface area contributed by atoms with Crippen LogP contribution in [0.2, 0.25) is 0 Å². The molecular formula is C19H22N4O2. The van der Waals surface area contributed by atoms with Gasteiger partial charge in [-0.1, -0.05) is 6.07 Å². The number of rotatable bonds is 3. The Balaban J connectivity index is 1.65. The van der Waals surface area contributed by atoms with Crippen LogP contribution in [0.4, 0.5) is 0 Å². The number of aryl methyl sites for hydroxylation is 2. The molecule has 4 heterocycles. The second kappa shape index (κ2) is 6.02. The van der Waals surface area contributed by atoms with Crippen LogP contribution < -0.4 is 0 Å². The van der Waals surface area contributed by atoms with Crippen LogP contribution in [0.25, 0.3) is 5.65 Å². The van der Waals surface area contributed by atoms with E-state index in [1.54, 1.807) is 0 Å². The Bertz CT molecular complexity index is 927. The molecule has 1 aliphatic rings. The fourth-order valence-electron chi connectivity index (χ4n) is 3.85. The van der Waals surface area contributed by atoms with E-state index in [0.29, 0.717) is 0 Å². The predicted octanol–water partition coefficient (Wildman–Crippen LogP) is 3.41. The van der Waals surface area contributed by atoms with Gasteiger partial charge in [-0.25, -0.2) is 0 Å². The van der Waals surface area contributed by atoms with E-state index in [0.717, 1.165) is 47.9 Å². The minimum absolute atomic E-state index is 0.0272. The van der Waals surface area contributed by atoms with Gasteiger partial charge in [0.05, 0.1) is 12.0 Å². The number of likely N-dealkylation sites (tertiary alicyclic amines) is 1. The Morgan fingerprint density at radius 1 is 1.32 bits per heavy atom. The van der Waals surface area contributed by atoms with Crippen LogP contribution in [0, 0.1) is 13.8 Å². The second-order valence-electron chi connectivity index (χ2n) is 6.77. The molecule has 2 atom stereocenters. The summed E-state index contributed by atoms with van der Waals surface area (Å²) in [4.78, 5) is 15.1. The standard InChI is InChI=1S/C19H22N4O2/c1-12-11-15(14(3)25-12)13(2)19(24)22-10-6-7-16(22)18-21-20-17-8-4-5-9-23(17)18/h4-5,8-9,11,13,16H,6-7,10H2,1-3H3/t13-,16+/m1/s1. The molecule has 0 N–H and O–H groups in total. The summed E-state index contributed by atoms with van der Waals surface area (Å²) >= 11 is 0. The molecule has 6 nitrogen and oxygen atoms in total. The first kappa shape index (κ1) is 15.9. The molecule has 3 aromatic heterocycles. The van der Waals surface area contributed by atoms with Crippen molar-refractivity contribution in [2.75, 3.05) is 6.54 Å². The zero-order chi connectivity index (χ0) is 17.6. The van der Waals surface area contributed by atoms with E-state index in [1.807, 2.05) is 60.5 Å². The van der Waals surface area contributed by atoms with E-state index in [1.165, 1.54) is 0 Å². The van der Waals surface area contributed by atoms with Crippen LogP contribution in [0.5, 0.6) is 0 Å². The van der Waals surface area contributed by atoms with Crippen molar-refractivity contribution in [3.05, 3.63) is 53.4 Å². The van der Waals surface area contributed by atoms with Crippen LogP contribution in [0.15, 0.2) is 34.9 Å². The number of carbonyl (C=O) groups excluding carboxylic acids is 1. The SMILES string of the molecule is Cc1cc([C@@H](C)C(=O)N2CCC[C@H]2c2nnc3ccccn23)c(C)o1. The maximum Gasteiger partial charge on any atom is 0.230 e. The Morgan fingerprint density at radius 2 is 2.16 bits per heavy atom. The quantitative estimate of drug-likeness (QED) is 0.734. The number of carbonyl (C=O) groups is 1. The van der Waals surface area contributed by atoms with Gasteiger partial charge in [0, 0.05) is 18.3 Å². The second-order valence-corrected chi connectivity index (χ2v) is 6.77. The molecule has 6 heteroatoms. The third-order valence-corrected chi connectivity index (χ3v) is 5.09. The number of fused-ring (bicyclic) bond motifs is 1. The predicted molar refractivity (Wildman–Crippen MR) is 93.3 cm³/mol. The molecule has 130 valence electrons. The van der Waals surface area contributed by atoms with Gasteiger partial charge in [0.2, 0.25) is 5.91 Å². The van der Waals surface area contributed by atoms with Gasteiger partial charge < -0.3 is 9.32 Å². The molecule has 1 amide bonds. The molecule has 0 unspecified atom stereocenters. The molecule has 3 aromatic rings. The Morgan fingerprint density at radius 3 is 2.92 bits per heavy atom. The smallest absolute Gasteiger partial charge is 0.230 e. The first-order chi connectivity index (χ1) is 12.1. The lowest BCUT2D eigenvalue weighted by atomic mass is 9.99. The minimum Gasteiger partial charge on any atom is -0.466 e. The number of hydrogen-bond acceptors (Lipinski definition) is 4. The topological polar surface area (TPSA) is 63.6 Å². The molecule has 1 fully saturated rings. The van der Waals surface area contributed by atoms with Crippen LogP contribution in [0.1, 0.15) is 54.6 Å². The van der Waals surface area contributed by atoms with Crippen molar-refractivity contribution >= 4 is 11.6 Å². The van der Waals surface area contributed by atoms with Crippen molar-refractivity contribution in [3.63, 3.8) is 0 Å². The fraction of sp³-hybridized carbons (Fsp3) is 0.421. The first-order valence-corrected chi connectivity index (χ1v) is 8.73. The average molecular weight is 338 g/mol. The lowest BCUT2D eigenvalue weighted by Crippen LogP contribution is -2.34. The summed E-state index contributed by atoms with van der Waals surface area (Å²) in [6, 6.07) is 7.77. The molecule has 4 rings (SSSR count). The molecule has 0 aliphatic carbocycles. The van der Waals surface area contributed by atoms with Gasteiger partial charge in [-0.15, -0.1) is 10.2 Å². The van der Waals surface area contributed by atoms with Gasteiger partial charge in [0.1, 0.15) is 11.5 Å². The Kier molecular flexibility index (Phi) is 3.82. The van der Waals surface area contributed by atoms with Crippen LogP contribution in [0.3, 0.4) is 0 Å². The summed E-state index contributed by atoms with van der Waals surface area (Å²) in [5.41, 5.74) is 1.78. The van der Waals surface area contributed by atoms with Crippen molar-refractivity contribution in [3.8, 4) is 0 Å². The van der Waals surface area contributed by atoms with Crippen LogP contribution in [-0.2, 0) is 4.79 Å². The molecule has 0 bridgehead atoms. The number of aromatic nitrogens is 3. The summed E-state index contributed by atoms with van der Waals surface area (Å²) in [7, 11) is 0. The maximum atomic E-state index is 13.2. The summed E-state index contributed by atoms with van der Waals surface area (Å²) in [6.07, 6.45) is 3.85. The van der Waals surface area contributed by atoms with Gasteiger partial charge in [-0.3, -0.25) is 9.20 Å². The van der Waals surface area contributed by atoms with Gasteiger partial charge in [-0.2, -0.15) is 0 Å². The largest absolute Gasteiger partial charge is 0.466 e. The van der Waals surface area contributed by atoms with E-state index in [-0.39, 0.29) is 17.9 Å². The van der Waals surface area contributed by atoms with Gasteiger partial charge in [-0.05, 0) is 51.8 Å². The molecule has 0 radical (unpaired) electrons. The number of amides is 1. The van der Waals surface area contributed by atoms with Crippen molar-refractivity contribution in [1.29, 1.82) is 0 Å². The summed E-state index contributed by atoms with van der Waals surface area (Å²) in [5, 5.41) is 8.60. The molecular weight excluding hydrogens is 316 g/mol. The highest BCUT2D eigenvalue weighted by Crippen LogP contribution is 2.35. The fourth-order valence-corrected chi connectivity index (χ4v) is 3.85. The van der Waals surface area contributed by atoms with E-state index >= 15 is 0 Å². The highest BCUT2D eigenvalue weighted by Gasteiger charge is 2.36. The molecule has 0 saturated carbocycles. The summed E-state index contributed by atoms with van der Waals surface area (Å²) in [5.74, 6) is 2.40. The van der Waals surface area contributed by atoms with Crippen molar-refractivity contribution in [1.82, 2.24) is 19.5 Å². The van der Waals surface area contributed by atoms with E-state index in [2.05, 4.69) is 10.2 Å². The number of hydrogen-bond donors (Lipinski definition) is 0. The summed E-state index contributed by atoms with van der Waals surface area (Å²) in [6.45, 7) is 6.54. The van der Waals surface area contributed by atoms with E-state index in [9.17, 15) is 4.79 Å². The molecule has 1 aliphatic heterocycles. The molecule has 1 saturated heterocycles. The Labute approximate surface area is 146 Å². The zero-order valence-electron chi connectivity index (χ0n) is 14.8. The monoisotopic (exact) mass is 338 g/mol. The minimum atomic E-state index is -0.225. The molecule has 0 aromatic carbocycles. The lowest BCUT2D eigenvalue weighted by molar-refractivity contribution is -0.133. The third kappa shape index (κ3) is 2.62. The first-order valence-electron chi connectivity index (χ1n) is 8.73. The van der Waals surface area contributed by atoms with Crippen LogP contribution >= 0.6 is 0 Å². The van der Waals surface area contributed by atoms with Crippen molar-refractivity contribution < 1.29 is 9.21 Å². The summed E-state index contributed by atoms with van der Waals surface area (Å²) < 4.78 is 7.59. The van der Waals surface area contributed by atoms with E-state index < -0.39 is 0 Å². The van der Waals surface area contributed by atoms with Gasteiger partial charge >= 0.3 is 0 Å².